The zero-order chi connectivity index (χ0) is 23.5. The van der Waals surface area contributed by atoms with E-state index in [0.717, 1.165) is 29.7 Å². The van der Waals surface area contributed by atoms with Crippen LogP contribution < -0.4 is 5.32 Å². The lowest BCUT2D eigenvalue weighted by Crippen LogP contribution is -2.17. The van der Waals surface area contributed by atoms with Crippen LogP contribution in [0.2, 0.25) is 0 Å². The van der Waals surface area contributed by atoms with Gasteiger partial charge in [-0.1, -0.05) is 41.6 Å². The minimum Gasteiger partial charge on any atom is -0.392 e. The number of allylic oxidation sites excluding steroid dienone is 1. The summed E-state index contributed by atoms with van der Waals surface area (Å²) in [6.07, 6.45) is 6.51. The van der Waals surface area contributed by atoms with Crippen LogP contribution in [0.25, 0.3) is 34.0 Å². The lowest BCUT2D eigenvalue weighted by Gasteiger charge is -2.36. The molecule has 9 heteroatoms. The molecule has 4 aromatic rings. The van der Waals surface area contributed by atoms with Crippen LogP contribution >= 0.6 is 10.6 Å². The van der Waals surface area contributed by atoms with Crippen LogP contribution in [0.3, 0.4) is 0 Å². The Morgan fingerprint density at radius 2 is 1.62 bits per heavy atom. The predicted molar refractivity (Wildman–Crippen MR) is 131 cm³/mol. The number of hydrogen-bond donors (Lipinski definition) is 4. The topological polar surface area (TPSA) is 125 Å². The number of aromatic nitrogens is 3. The van der Waals surface area contributed by atoms with Gasteiger partial charge in [0.15, 0.2) is 5.76 Å². The molecule has 0 unspecified atom stereocenters. The maximum atomic E-state index is 10.8. The Balaban J connectivity index is 1.38. The summed E-state index contributed by atoms with van der Waals surface area (Å²) in [5.41, 5.74) is 4.31. The van der Waals surface area contributed by atoms with Crippen molar-refractivity contribution >= 4 is 10.6 Å². The van der Waals surface area contributed by atoms with Gasteiger partial charge in [-0.05, 0) is 30.5 Å². The van der Waals surface area contributed by atoms with E-state index < -0.39 is 10.6 Å². The molecule has 0 fully saturated rings. The smallest absolute Gasteiger partial charge is 0.187 e. The van der Waals surface area contributed by atoms with E-state index in [1.807, 2.05) is 36.4 Å². The van der Waals surface area contributed by atoms with Crippen molar-refractivity contribution in [1.82, 2.24) is 20.4 Å². The van der Waals surface area contributed by atoms with E-state index in [-0.39, 0.29) is 6.61 Å². The molecule has 2 aromatic carbocycles. The van der Waals surface area contributed by atoms with Gasteiger partial charge in [0.25, 0.3) is 0 Å². The van der Waals surface area contributed by atoms with Crippen molar-refractivity contribution in [2.75, 3.05) is 6.54 Å². The SMILES string of the molecule is OCc1ccc(-c2cc(-c3cncc(-c4ccc(S(O)(O)C5=CNCCC5)cc4)n3)on2)cc1. The molecule has 0 bridgehead atoms. The fourth-order valence-corrected chi connectivity index (χ4v) is 5.25. The van der Waals surface area contributed by atoms with E-state index in [4.69, 9.17) is 4.52 Å². The third-order valence-corrected chi connectivity index (χ3v) is 7.66. The van der Waals surface area contributed by atoms with Crippen molar-refractivity contribution in [2.24, 2.45) is 0 Å². The van der Waals surface area contributed by atoms with Crippen molar-refractivity contribution in [3.63, 3.8) is 0 Å². The quantitative estimate of drug-likeness (QED) is 0.296. The predicted octanol–water partition coefficient (Wildman–Crippen LogP) is 5.29. The normalized spacial score (nSPS) is 14.4. The van der Waals surface area contributed by atoms with Crippen LogP contribution in [0.5, 0.6) is 0 Å². The van der Waals surface area contributed by atoms with Crippen molar-refractivity contribution in [3.05, 3.63) is 83.7 Å². The molecule has 0 amide bonds. The molecule has 5 rings (SSSR count). The van der Waals surface area contributed by atoms with Crippen molar-refractivity contribution in [3.8, 4) is 34.0 Å². The zero-order valence-corrected chi connectivity index (χ0v) is 19.1. The largest absolute Gasteiger partial charge is 0.392 e. The minimum absolute atomic E-state index is 0.0122. The van der Waals surface area contributed by atoms with Crippen LogP contribution in [-0.4, -0.2) is 35.9 Å². The highest BCUT2D eigenvalue weighted by Gasteiger charge is 2.23. The van der Waals surface area contributed by atoms with Gasteiger partial charge in [-0.15, -0.1) is 10.6 Å². The van der Waals surface area contributed by atoms with Crippen molar-refractivity contribution in [1.29, 1.82) is 0 Å². The first kappa shape index (κ1) is 22.3. The fraction of sp³-hybridized carbons (Fsp3) is 0.160. The van der Waals surface area contributed by atoms with Gasteiger partial charge in [0.2, 0.25) is 0 Å². The van der Waals surface area contributed by atoms with Crippen LogP contribution in [0.15, 0.2) is 87.5 Å². The fourth-order valence-electron chi connectivity index (χ4n) is 3.75. The average Bonchev–Trinajstić information content (AvgIpc) is 3.40. The Morgan fingerprint density at radius 3 is 2.32 bits per heavy atom. The first-order valence-corrected chi connectivity index (χ1v) is 12.4. The van der Waals surface area contributed by atoms with Crippen LogP contribution in [-0.2, 0) is 6.61 Å². The second-order valence-corrected chi connectivity index (χ2v) is 10.1. The third-order valence-electron chi connectivity index (χ3n) is 5.68. The molecule has 8 nitrogen and oxygen atoms in total. The van der Waals surface area contributed by atoms with Gasteiger partial charge in [-0.2, -0.15) is 0 Å². The lowest BCUT2D eigenvalue weighted by molar-refractivity contribution is 0.282. The summed E-state index contributed by atoms with van der Waals surface area (Å²) in [6.45, 7) is 0.831. The van der Waals surface area contributed by atoms with E-state index in [1.165, 1.54) is 0 Å². The minimum atomic E-state index is -3.01. The molecule has 2 aromatic heterocycles. The van der Waals surface area contributed by atoms with E-state index in [1.54, 1.807) is 36.8 Å². The molecule has 1 aliphatic rings. The Kier molecular flexibility index (Phi) is 6.16. The number of nitrogens with one attached hydrogen (secondary N) is 1. The zero-order valence-electron chi connectivity index (χ0n) is 18.3. The average molecular weight is 477 g/mol. The maximum absolute atomic E-state index is 10.8. The molecule has 4 N–H and O–H groups in total. The summed E-state index contributed by atoms with van der Waals surface area (Å²) in [4.78, 5) is 10.1. The molecule has 174 valence electrons. The molecule has 1 aliphatic heterocycles. The van der Waals surface area contributed by atoms with Gasteiger partial charge < -0.3 is 14.9 Å². The van der Waals surface area contributed by atoms with Crippen molar-refractivity contribution < 1.29 is 18.7 Å². The standard InChI is InChI=1S/C25H24N4O4S/c30-16-17-3-5-18(6-4-17)22-12-25(33-29-22)24-15-27-14-23(28-24)19-7-9-20(10-8-19)34(31,32)21-2-1-11-26-13-21/h3-10,12-15,26,30-32H,1-2,11,16H2. The number of nitrogens with zero attached hydrogens (tertiary/aromatic N) is 3. The number of aliphatic hydroxyl groups excluding tert-OH is 1. The van der Waals surface area contributed by atoms with Gasteiger partial charge in [-0.25, -0.2) is 4.98 Å². The third kappa shape index (κ3) is 4.46. The summed E-state index contributed by atoms with van der Waals surface area (Å²) in [6, 6.07) is 16.3. The van der Waals surface area contributed by atoms with E-state index in [0.29, 0.717) is 39.1 Å². The highest BCUT2D eigenvalue weighted by molar-refractivity contribution is 8.27. The highest BCUT2D eigenvalue weighted by atomic mass is 32.3. The Labute approximate surface area is 198 Å². The molecule has 0 atom stereocenters. The first-order chi connectivity index (χ1) is 16.5. The monoisotopic (exact) mass is 476 g/mol. The molecule has 3 heterocycles. The molecule has 0 aliphatic carbocycles. The van der Waals surface area contributed by atoms with Crippen LogP contribution in [0.1, 0.15) is 18.4 Å². The molecular weight excluding hydrogens is 452 g/mol. The van der Waals surface area contributed by atoms with E-state index in [2.05, 4.69) is 20.4 Å². The van der Waals surface area contributed by atoms with Gasteiger partial charge >= 0.3 is 0 Å². The molecule has 0 spiro atoms. The highest BCUT2D eigenvalue weighted by Crippen LogP contribution is 2.57. The van der Waals surface area contributed by atoms with E-state index in [9.17, 15) is 14.2 Å². The number of hydrogen-bond acceptors (Lipinski definition) is 8. The number of rotatable bonds is 6. The summed E-state index contributed by atoms with van der Waals surface area (Å²) >= 11 is 0. The Hall–Kier alpha value is -3.50. The second kappa shape index (κ2) is 9.40. The molecule has 0 radical (unpaired) electrons. The first-order valence-electron chi connectivity index (χ1n) is 10.8. The number of benzene rings is 2. The molecular formula is C25H24N4O4S. The molecule has 0 saturated carbocycles. The van der Waals surface area contributed by atoms with Gasteiger partial charge in [0.1, 0.15) is 11.4 Å². The number of aliphatic hydroxyl groups is 1. The van der Waals surface area contributed by atoms with E-state index >= 15 is 0 Å². The summed E-state index contributed by atoms with van der Waals surface area (Å²) in [5, 5.41) is 16.4. The lowest BCUT2D eigenvalue weighted by atomic mass is 10.1. The summed E-state index contributed by atoms with van der Waals surface area (Å²) in [7, 11) is -3.01. The van der Waals surface area contributed by atoms with Crippen LogP contribution in [0, 0.1) is 0 Å². The summed E-state index contributed by atoms with van der Waals surface area (Å²) in [5.74, 6) is 0.484. The summed E-state index contributed by atoms with van der Waals surface area (Å²) < 4.78 is 27.0. The Bertz CT molecular complexity index is 1320. The Morgan fingerprint density at radius 1 is 0.912 bits per heavy atom. The second-order valence-electron chi connectivity index (χ2n) is 7.96. The molecule has 34 heavy (non-hydrogen) atoms. The van der Waals surface area contributed by atoms with Crippen LogP contribution in [0.4, 0.5) is 0 Å². The molecule has 0 saturated heterocycles. The van der Waals surface area contributed by atoms with Gasteiger partial charge in [-0.3, -0.25) is 14.1 Å². The maximum Gasteiger partial charge on any atom is 0.187 e. The van der Waals surface area contributed by atoms with Crippen molar-refractivity contribution in [2.45, 2.75) is 24.3 Å². The van der Waals surface area contributed by atoms with Gasteiger partial charge in [0, 0.05) is 29.9 Å². The van der Waals surface area contributed by atoms with Gasteiger partial charge in [0.05, 0.1) is 34.5 Å².